The zero-order valence-electron chi connectivity index (χ0n) is 77.4. The molecule has 10 bridgehead atoms. The van der Waals surface area contributed by atoms with E-state index in [0.717, 1.165) is 123 Å². The van der Waals surface area contributed by atoms with Crippen LogP contribution in [0.2, 0.25) is 0 Å². The first-order chi connectivity index (χ1) is 52.0. The lowest BCUT2D eigenvalue weighted by Crippen LogP contribution is -2.59. The van der Waals surface area contributed by atoms with Gasteiger partial charge in [0, 0.05) is 5.41 Å². The molecule has 0 aromatic heterocycles. The summed E-state index contributed by atoms with van der Waals surface area (Å²) in [6, 6.07) is 0. The van der Waals surface area contributed by atoms with E-state index in [-0.39, 0.29) is 174 Å². The molecule has 13 aliphatic carbocycles. The minimum Gasteiger partial charge on any atom is -0.459 e. The first-order valence-electron chi connectivity index (χ1n) is 46.7. The van der Waals surface area contributed by atoms with Gasteiger partial charge in [0.15, 0.2) is 12.6 Å². The molecule has 13 atom stereocenters. The highest BCUT2D eigenvalue weighted by molar-refractivity contribution is 5.78. The van der Waals surface area contributed by atoms with E-state index in [1.54, 1.807) is 0 Å². The monoisotopic (exact) mass is 1770 g/mol. The van der Waals surface area contributed by atoms with Crippen LogP contribution in [0.4, 0.5) is 0 Å². The summed E-state index contributed by atoms with van der Waals surface area (Å²) in [5, 5.41) is 0. The predicted octanol–water partition coefficient (Wildman–Crippen LogP) is 33.1. The second-order valence-corrected chi connectivity index (χ2v) is 44.1. The number of fused-ring (bicyclic) bond motifs is 11. The SMILES string of the molecule is C.C.C.C.C.C.C.C.C.C.C.C.CCC(C)(C)C(=O)OC(C)(C)C1CCCC1.CCC(C)(C)C(=O)OC(C)(C)C1CCCCC1.CCC(C)(C)C(=O)OC(C)(CC)C12CC3CC(CC(C3)C1)C2.CCC(C)(C)C(=O)OC(C)OC1CC2CC1C1C3CCC(C3)C21.CCC(C)(C)C(=O)OC(C)OC1CC2CCC1C2.CCC(C)(C)C(=O)OC1(C(C)C)CCCC1. The fourth-order valence-corrected chi connectivity index (χ4v) is 22.1. The van der Waals surface area contributed by atoms with Gasteiger partial charge in [-0.05, 0) is 407 Å². The fourth-order valence-electron chi connectivity index (χ4n) is 22.1. The molecule has 13 saturated carbocycles. The average molecular weight is 1770 g/mol. The Morgan fingerprint density at radius 2 is 0.653 bits per heavy atom. The molecule has 14 heteroatoms. The largest absolute Gasteiger partial charge is 0.459 e. The average Bonchev–Trinajstić information content (AvgIpc) is 1.41. The van der Waals surface area contributed by atoms with Gasteiger partial charge in [0.1, 0.15) is 22.4 Å². The first kappa shape index (κ1) is 131. The maximum atomic E-state index is 12.7. The Morgan fingerprint density at radius 1 is 0.315 bits per heavy atom. The van der Waals surface area contributed by atoms with Gasteiger partial charge in [0.25, 0.3) is 0 Å². The summed E-state index contributed by atoms with van der Waals surface area (Å²) in [6.07, 6.45) is 41.7. The molecule has 0 N–H and O–H groups in total. The molecule has 0 aromatic rings. The molecule has 13 rings (SSSR count). The topological polar surface area (TPSA) is 176 Å². The Balaban J connectivity index is -0.000000333. The van der Waals surface area contributed by atoms with Gasteiger partial charge >= 0.3 is 35.8 Å². The van der Waals surface area contributed by atoms with Crippen molar-refractivity contribution in [1.82, 2.24) is 0 Å². The van der Waals surface area contributed by atoms with E-state index >= 15 is 0 Å². The summed E-state index contributed by atoms with van der Waals surface area (Å²) >= 11 is 0. The van der Waals surface area contributed by atoms with Gasteiger partial charge in [-0.15, -0.1) is 0 Å². The lowest BCUT2D eigenvalue weighted by Gasteiger charge is -2.62. The number of rotatable bonds is 27. The summed E-state index contributed by atoms with van der Waals surface area (Å²) in [7, 11) is 0. The second-order valence-electron chi connectivity index (χ2n) is 44.1. The number of carbonyl (C=O) groups is 6. The molecule has 0 radical (unpaired) electrons. The zero-order chi connectivity index (χ0) is 83.8. The Morgan fingerprint density at radius 3 is 1.00 bits per heavy atom. The Labute approximate surface area is 773 Å². The van der Waals surface area contributed by atoms with Crippen LogP contribution < -0.4 is 0 Å². The molecular weight excluding hydrogens is 1550 g/mol. The number of hydrogen-bond acceptors (Lipinski definition) is 14. The molecule has 0 amide bonds. The zero-order valence-corrected chi connectivity index (χ0v) is 77.4. The summed E-state index contributed by atoms with van der Waals surface area (Å²) < 4.78 is 46.8. The number of ether oxygens (including phenoxy) is 8. The van der Waals surface area contributed by atoms with Gasteiger partial charge < -0.3 is 37.9 Å². The van der Waals surface area contributed by atoms with E-state index in [0.29, 0.717) is 35.9 Å². The van der Waals surface area contributed by atoms with Gasteiger partial charge in [-0.1, -0.05) is 184 Å². The van der Waals surface area contributed by atoms with Crippen LogP contribution in [0, 0.1) is 121 Å². The molecule has 0 heterocycles. The lowest BCUT2D eigenvalue weighted by atomic mass is 9.45. The number of esters is 6. The van der Waals surface area contributed by atoms with Crippen molar-refractivity contribution in [2.24, 2.45) is 121 Å². The van der Waals surface area contributed by atoms with Gasteiger partial charge in [-0.25, -0.2) is 0 Å². The molecule has 744 valence electrons. The maximum absolute atomic E-state index is 12.7. The standard InChI is InChI=1S/C20H32O3.C20H34O2.C15H26O3.C15H28O2.2C14H26O2.12CH4/c1-5-20(3,4)19(21)23-11(2)22-16-10-14-9-15(16)18-13-7-6-12(8-13)17(14)18;1-6-18(3,4)17(21)22-19(5,7-2)20-11-14-8-15(12-20)10-16(9-14)13-20;1-5-15(3,4)14(16)18-10(2)17-13-9-11-6-7-12(13)8-11;1-6-14(2,3)13(16)17-15(4,5)12-10-8-7-9-11-12;1-6-13(2,3)12(15)16-14(4,5)11-9-7-8-10-11;1-6-13(4,5)12(15)16-14(11(2)3)9-7-8-10-14;;;;;;;;;;;;/h11-18H,5-10H2,1-4H3;14-16H,6-13H2,1-5H3;10-13H,5-9H2,1-4H3;12H,6-11H2,1-5H3;2*11H,6-10H2,1-5H3;12*1H4. The van der Waals surface area contributed by atoms with E-state index in [9.17, 15) is 28.8 Å². The van der Waals surface area contributed by atoms with Gasteiger partial charge in [0.2, 0.25) is 0 Å². The normalized spacial score (nSPS) is 27.8. The quantitative estimate of drug-likeness (QED) is 0.0328. The Kier molecular flexibility index (Phi) is 56.7. The van der Waals surface area contributed by atoms with Gasteiger partial charge in [-0.2, -0.15) is 0 Å². The van der Waals surface area contributed by atoms with Crippen LogP contribution in [0.1, 0.15) is 508 Å². The van der Waals surface area contributed by atoms with Crippen molar-refractivity contribution in [3.63, 3.8) is 0 Å². The van der Waals surface area contributed by atoms with Crippen molar-refractivity contribution >= 4 is 35.8 Å². The van der Waals surface area contributed by atoms with Crippen molar-refractivity contribution in [3.05, 3.63) is 0 Å². The van der Waals surface area contributed by atoms with Crippen molar-refractivity contribution in [2.45, 2.75) is 555 Å². The van der Waals surface area contributed by atoms with Crippen LogP contribution in [-0.4, -0.2) is 83.0 Å². The van der Waals surface area contributed by atoms with Gasteiger partial charge in [0.05, 0.1) is 44.7 Å². The smallest absolute Gasteiger partial charge is 0.313 e. The predicted molar refractivity (Wildman–Crippen MR) is 532 cm³/mol. The highest BCUT2D eigenvalue weighted by Crippen LogP contribution is 2.69. The molecule has 0 aliphatic heterocycles. The molecule has 13 aliphatic rings. The van der Waals surface area contributed by atoms with E-state index in [2.05, 4.69) is 62.3 Å². The molecule has 14 nitrogen and oxygen atoms in total. The number of hydrogen-bond donors (Lipinski definition) is 0. The lowest BCUT2D eigenvalue weighted by molar-refractivity contribution is -0.212. The summed E-state index contributed by atoms with van der Waals surface area (Å²) in [6.45, 7) is 56.6. The summed E-state index contributed by atoms with van der Waals surface area (Å²) in [4.78, 5) is 73.2. The van der Waals surface area contributed by atoms with E-state index < -0.39 is 23.4 Å². The van der Waals surface area contributed by atoms with Gasteiger partial charge in [-0.3, -0.25) is 28.8 Å². The third-order valence-corrected chi connectivity index (χ3v) is 32.8. The van der Waals surface area contributed by atoms with Crippen molar-refractivity contribution in [3.8, 4) is 0 Å². The van der Waals surface area contributed by atoms with Crippen LogP contribution in [-0.2, 0) is 66.7 Å². The highest BCUT2D eigenvalue weighted by Gasteiger charge is 2.64. The molecule has 124 heavy (non-hydrogen) atoms. The van der Waals surface area contributed by atoms with Crippen LogP contribution >= 0.6 is 0 Å². The van der Waals surface area contributed by atoms with E-state index in [4.69, 9.17) is 37.9 Å². The minimum absolute atomic E-state index is 0. The third kappa shape index (κ3) is 32.3. The molecule has 0 spiro atoms. The first-order valence-corrected chi connectivity index (χ1v) is 46.7. The van der Waals surface area contributed by atoms with Crippen LogP contribution in [0.15, 0.2) is 0 Å². The van der Waals surface area contributed by atoms with Crippen LogP contribution in [0.5, 0.6) is 0 Å². The summed E-state index contributed by atoms with van der Waals surface area (Å²) in [5.41, 5.74) is -3.02. The summed E-state index contributed by atoms with van der Waals surface area (Å²) in [5.74, 6) is 10.9. The molecular formula is C110H220O14. The second kappa shape index (κ2) is 53.4. The molecule has 13 unspecified atom stereocenters. The molecule has 13 fully saturated rings. The highest BCUT2D eigenvalue weighted by atomic mass is 16.7. The van der Waals surface area contributed by atoms with E-state index in [1.807, 2.05) is 132 Å². The van der Waals surface area contributed by atoms with Crippen LogP contribution in [0.3, 0.4) is 0 Å². The Bertz CT molecular complexity index is 2990. The third-order valence-electron chi connectivity index (χ3n) is 32.8. The number of carbonyl (C=O) groups excluding carboxylic acids is 6. The molecule has 0 aromatic carbocycles. The minimum atomic E-state index is -0.415. The van der Waals surface area contributed by atoms with Crippen molar-refractivity contribution < 1.29 is 66.7 Å². The maximum Gasteiger partial charge on any atom is 0.313 e. The fraction of sp³-hybridized carbons (Fsp3) is 0.945. The Hall–Kier alpha value is -3.26. The van der Waals surface area contributed by atoms with Crippen LogP contribution in [0.25, 0.3) is 0 Å². The van der Waals surface area contributed by atoms with Crippen molar-refractivity contribution in [1.29, 1.82) is 0 Å². The molecule has 0 saturated heterocycles. The van der Waals surface area contributed by atoms with E-state index in [1.165, 1.54) is 161 Å². The van der Waals surface area contributed by atoms with Crippen molar-refractivity contribution in [2.75, 3.05) is 0 Å².